The number of ether oxygens (including phenoxy) is 5. The van der Waals surface area contributed by atoms with E-state index in [-0.39, 0.29) is 18.9 Å². The molecule has 30 heavy (non-hydrogen) atoms. The lowest BCUT2D eigenvalue weighted by atomic mass is 9.92. The number of aromatic nitrogens is 4. The molecule has 0 unspecified atom stereocenters. The molecule has 10 nitrogen and oxygen atoms in total. The smallest absolute Gasteiger partial charge is 0.243 e. The van der Waals surface area contributed by atoms with Crippen molar-refractivity contribution in [1.29, 1.82) is 0 Å². The highest BCUT2D eigenvalue weighted by molar-refractivity contribution is 5.53. The molecule has 2 aliphatic rings. The van der Waals surface area contributed by atoms with E-state index in [0.717, 1.165) is 22.6 Å². The zero-order chi connectivity index (χ0) is 20.7. The van der Waals surface area contributed by atoms with Gasteiger partial charge in [0.1, 0.15) is 5.75 Å². The van der Waals surface area contributed by atoms with E-state index in [2.05, 4.69) is 20.8 Å². The highest BCUT2D eigenvalue weighted by atomic mass is 16.7. The summed E-state index contributed by atoms with van der Waals surface area (Å²) in [4.78, 5) is 0. The van der Waals surface area contributed by atoms with Gasteiger partial charge in [0.05, 0.1) is 33.4 Å². The largest absolute Gasteiger partial charge is 0.496 e. The third kappa shape index (κ3) is 2.92. The van der Waals surface area contributed by atoms with Crippen molar-refractivity contribution in [2.24, 2.45) is 0 Å². The molecule has 2 aliphatic heterocycles. The lowest BCUT2D eigenvalue weighted by Crippen LogP contribution is -2.28. The van der Waals surface area contributed by atoms with Gasteiger partial charge in [-0.3, -0.25) is 0 Å². The van der Waals surface area contributed by atoms with E-state index in [1.807, 2.05) is 30.3 Å². The fourth-order valence-electron chi connectivity index (χ4n) is 3.96. The molecule has 0 radical (unpaired) electrons. The molecule has 0 amide bonds. The van der Waals surface area contributed by atoms with Crippen molar-refractivity contribution in [2.45, 2.75) is 18.5 Å². The fourth-order valence-corrected chi connectivity index (χ4v) is 3.96. The van der Waals surface area contributed by atoms with Crippen molar-refractivity contribution < 1.29 is 23.7 Å². The van der Waals surface area contributed by atoms with E-state index in [0.29, 0.717) is 29.6 Å². The first-order valence-electron chi connectivity index (χ1n) is 9.45. The maximum absolute atomic E-state index is 5.66. The van der Waals surface area contributed by atoms with E-state index in [1.54, 1.807) is 26.0 Å². The standard InChI is InChI=1S/C20H21N5O5/c1-26-16-9-18(28-3)17(27-2)7-12(16)14-8-13(21-20-22-23-24-25(14)20)11-4-5-15-19(6-11)30-10-29-15/h4-7,9,13-14H,8,10H2,1-3H3,(H,21,22,24)/t13-,14+/m1/s1. The van der Waals surface area contributed by atoms with Gasteiger partial charge in [-0.05, 0) is 40.6 Å². The van der Waals surface area contributed by atoms with E-state index in [1.165, 1.54) is 0 Å². The Morgan fingerprint density at radius 3 is 2.53 bits per heavy atom. The molecular formula is C20H21N5O5. The van der Waals surface area contributed by atoms with Crippen LogP contribution in [0.25, 0.3) is 0 Å². The van der Waals surface area contributed by atoms with Gasteiger partial charge in [-0.1, -0.05) is 11.2 Å². The lowest BCUT2D eigenvalue weighted by molar-refractivity contribution is 0.174. The minimum Gasteiger partial charge on any atom is -0.496 e. The molecule has 0 aliphatic carbocycles. The van der Waals surface area contributed by atoms with Crippen molar-refractivity contribution in [2.75, 3.05) is 33.4 Å². The zero-order valence-corrected chi connectivity index (χ0v) is 16.8. The molecular weight excluding hydrogens is 390 g/mol. The molecule has 0 spiro atoms. The summed E-state index contributed by atoms with van der Waals surface area (Å²) >= 11 is 0. The van der Waals surface area contributed by atoms with Gasteiger partial charge in [0.15, 0.2) is 23.0 Å². The van der Waals surface area contributed by atoms with Crippen molar-refractivity contribution >= 4 is 5.95 Å². The third-order valence-electron chi connectivity index (χ3n) is 5.44. The van der Waals surface area contributed by atoms with Crippen LogP contribution in [0.2, 0.25) is 0 Å². The number of methoxy groups -OCH3 is 3. The predicted octanol–water partition coefficient (Wildman–Crippen LogP) is 2.57. The van der Waals surface area contributed by atoms with Gasteiger partial charge < -0.3 is 29.0 Å². The molecule has 0 saturated carbocycles. The molecule has 2 atom stereocenters. The van der Waals surface area contributed by atoms with Gasteiger partial charge in [0.25, 0.3) is 0 Å². The van der Waals surface area contributed by atoms with Crippen LogP contribution >= 0.6 is 0 Å². The quantitative estimate of drug-likeness (QED) is 0.679. The Hall–Kier alpha value is -3.69. The normalized spacial score (nSPS) is 19.0. The van der Waals surface area contributed by atoms with Crippen LogP contribution in [-0.2, 0) is 0 Å². The predicted molar refractivity (Wildman–Crippen MR) is 106 cm³/mol. The number of hydrogen-bond acceptors (Lipinski definition) is 9. The zero-order valence-electron chi connectivity index (χ0n) is 16.8. The van der Waals surface area contributed by atoms with E-state index >= 15 is 0 Å². The van der Waals surface area contributed by atoms with Crippen LogP contribution in [0.1, 0.15) is 29.6 Å². The maximum Gasteiger partial charge on any atom is 0.243 e. The second-order valence-electron chi connectivity index (χ2n) is 6.96. The summed E-state index contributed by atoms with van der Waals surface area (Å²) in [6.45, 7) is 0.237. The minimum atomic E-state index is -0.179. The Kier molecular flexibility index (Phi) is 4.46. The Bertz CT molecular complexity index is 1090. The Balaban J connectivity index is 1.57. The van der Waals surface area contributed by atoms with Crippen LogP contribution in [0.3, 0.4) is 0 Å². The highest BCUT2D eigenvalue weighted by Crippen LogP contribution is 2.45. The number of anilines is 1. The van der Waals surface area contributed by atoms with Gasteiger partial charge in [-0.15, -0.1) is 0 Å². The number of nitrogens with one attached hydrogen (secondary N) is 1. The van der Waals surface area contributed by atoms with Crippen LogP contribution in [0.4, 0.5) is 5.95 Å². The van der Waals surface area contributed by atoms with Crippen LogP contribution in [-0.4, -0.2) is 48.3 Å². The van der Waals surface area contributed by atoms with Gasteiger partial charge in [-0.2, -0.15) is 0 Å². The molecule has 3 aromatic rings. The SMILES string of the molecule is COc1cc(OC)c([C@@H]2C[C@H](c3ccc4c(c3)OCO4)Nc3nnnn32)cc1OC. The molecule has 2 aromatic carbocycles. The number of hydrogen-bond donors (Lipinski definition) is 1. The number of fused-ring (bicyclic) bond motifs is 2. The van der Waals surface area contributed by atoms with Crippen molar-refractivity contribution in [3.63, 3.8) is 0 Å². The molecule has 0 saturated heterocycles. The first-order chi connectivity index (χ1) is 14.7. The molecule has 0 bridgehead atoms. The molecule has 156 valence electrons. The third-order valence-corrected chi connectivity index (χ3v) is 5.44. The molecule has 5 rings (SSSR count). The van der Waals surface area contributed by atoms with Crippen molar-refractivity contribution in [3.8, 4) is 28.7 Å². The fraction of sp³-hybridized carbons (Fsp3) is 0.350. The summed E-state index contributed by atoms with van der Waals surface area (Å²) in [5.74, 6) is 3.94. The molecule has 0 fully saturated rings. The van der Waals surface area contributed by atoms with Crippen molar-refractivity contribution in [1.82, 2.24) is 20.2 Å². The minimum absolute atomic E-state index is 0.0409. The Morgan fingerprint density at radius 1 is 0.967 bits per heavy atom. The van der Waals surface area contributed by atoms with E-state index in [9.17, 15) is 0 Å². The van der Waals surface area contributed by atoms with Crippen LogP contribution in [0, 0.1) is 0 Å². The number of tetrazole rings is 1. The maximum atomic E-state index is 5.66. The topological polar surface area (TPSA) is 102 Å². The van der Waals surface area contributed by atoms with E-state index < -0.39 is 0 Å². The van der Waals surface area contributed by atoms with E-state index in [4.69, 9.17) is 23.7 Å². The summed E-state index contributed by atoms with van der Waals surface area (Å²) in [7, 11) is 4.83. The molecule has 1 aromatic heterocycles. The Labute approximate surface area is 172 Å². The average Bonchev–Trinajstić information content (AvgIpc) is 3.46. The lowest BCUT2D eigenvalue weighted by Gasteiger charge is -2.32. The van der Waals surface area contributed by atoms with Gasteiger partial charge in [-0.25, -0.2) is 4.68 Å². The summed E-state index contributed by atoms with van der Waals surface area (Å²) in [6, 6.07) is 9.44. The average molecular weight is 411 g/mol. The number of benzene rings is 2. The Morgan fingerprint density at radius 2 is 1.73 bits per heavy atom. The number of nitrogens with zero attached hydrogens (tertiary/aromatic N) is 4. The highest BCUT2D eigenvalue weighted by Gasteiger charge is 2.34. The molecule has 10 heteroatoms. The first-order valence-corrected chi connectivity index (χ1v) is 9.45. The first kappa shape index (κ1) is 18.3. The second kappa shape index (κ2) is 7.29. The monoisotopic (exact) mass is 411 g/mol. The summed E-state index contributed by atoms with van der Waals surface area (Å²) < 4.78 is 29.3. The molecule has 1 N–H and O–H groups in total. The van der Waals surface area contributed by atoms with Gasteiger partial charge in [0.2, 0.25) is 12.7 Å². The summed E-state index contributed by atoms with van der Waals surface area (Å²) in [6.07, 6.45) is 0.684. The van der Waals surface area contributed by atoms with Crippen LogP contribution in [0.5, 0.6) is 28.7 Å². The van der Waals surface area contributed by atoms with Crippen molar-refractivity contribution in [3.05, 3.63) is 41.5 Å². The van der Waals surface area contributed by atoms with Gasteiger partial charge in [0, 0.05) is 11.6 Å². The number of rotatable bonds is 5. The second-order valence-corrected chi connectivity index (χ2v) is 6.96. The van der Waals surface area contributed by atoms with Crippen LogP contribution in [0.15, 0.2) is 30.3 Å². The summed E-state index contributed by atoms with van der Waals surface area (Å²) in [5.41, 5.74) is 1.95. The van der Waals surface area contributed by atoms with Crippen LogP contribution < -0.4 is 29.0 Å². The summed E-state index contributed by atoms with van der Waals surface area (Å²) in [5, 5.41) is 15.6. The van der Waals surface area contributed by atoms with Gasteiger partial charge >= 0.3 is 0 Å². The molecule has 3 heterocycles.